The zero-order chi connectivity index (χ0) is 13.1. The van der Waals surface area contributed by atoms with Crippen LogP contribution < -0.4 is 4.74 Å². The molecule has 100 valence electrons. The van der Waals surface area contributed by atoms with Crippen molar-refractivity contribution >= 4 is 27.5 Å². The monoisotopic (exact) mass is 272 g/mol. The molecular formula is C17H20OS. The van der Waals surface area contributed by atoms with E-state index in [0.29, 0.717) is 0 Å². The van der Waals surface area contributed by atoms with Crippen molar-refractivity contribution in [2.45, 2.75) is 32.1 Å². The average molecular weight is 272 g/mol. The molecule has 1 aliphatic rings. The van der Waals surface area contributed by atoms with Crippen molar-refractivity contribution in [3.63, 3.8) is 0 Å². The quantitative estimate of drug-likeness (QED) is 0.716. The van der Waals surface area contributed by atoms with Gasteiger partial charge in [0.1, 0.15) is 5.75 Å². The van der Waals surface area contributed by atoms with Crippen LogP contribution in [0.15, 0.2) is 30.3 Å². The van der Waals surface area contributed by atoms with Gasteiger partial charge in [0.2, 0.25) is 0 Å². The van der Waals surface area contributed by atoms with Gasteiger partial charge in [-0.25, -0.2) is 0 Å². The average Bonchev–Trinajstić information content (AvgIpc) is 2.88. The van der Waals surface area contributed by atoms with Crippen LogP contribution in [0.25, 0.3) is 16.2 Å². The second-order valence-corrected chi connectivity index (χ2v) is 6.43. The Labute approximate surface area is 118 Å². The summed E-state index contributed by atoms with van der Waals surface area (Å²) in [5, 5.41) is 1.31. The molecular weight excluding hydrogens is 252 g/mol. The Morgan fingerprint density at radius 3 is 2.79 bits per heavy atom. The first-order valence-electron chi connectivity index (χ1n) is 7.11. The lowest BCUT2D eigenvalue weighted by Crippen LogP contribution is -2.02. The van der Waals surface area contributed by atoms with Gasteiger partial charge in [-0.1, -0.05) is 25.3 Å². The molecule has 1 aromatic heterocycles. The molecule has 2 heteroatoms. The number of allylic oxidation sites excluding steroid dienone is 1. The first kappa shape index (κ1) is 12.7. The molecule has 0 spiro atoms. The minimum Gasteiger partial charge on any atom is -0.497 e. The minimum atomic E-state index is 0.800. The van der Waals surface area contributed by atoms with Gasteiger partial charge >= 0.3 is 0 Å². The lowest BCUT2D eigenvalue weighted by atomic mass is 9.89. The number of hydrogen-bond donors (Lipinski definition) is 0. The van der Waals surface area contributed by atoms with Crippen LogP contribution in [0.4, 0.5) is 0 Å². The van der Waals surface area contributed by atoms with Crippen LogP contribution in [0.1, 0.15) is 37.0 Å². The lowest BCUT2D eigenvalue weighted by molar-refractivity contribution is 0.415. The largest absolute Gasteiger partial charge is 0.497 e. The van der Waals surface area contributed by atoms with Crippen molar-refractivity contribution in [1.29, 1.82) is 0 Å². The van der Waals surface area contributed by atoms with Crippen LogP contribution >= 0.6 is 11.3 Å². The van der Waals surface area contributed by atoms with E-state index in [1.54, 1.807) is 7.11 Å². The third-order valence-electron chi connectivity index (χ3n) is 3.93. The summed E-state index contributed by atoms with van der Waals surface area (Å²) in [6, 6.07) is 8.57. The summed E-state index contributed by atoms with van der Waals surface area (Å²) in [6.45, 7) is 0. The van der Waals surface area contributed by atoms with E-state index in [2.05, 4.69) is 30.4 Å². The summed E-state index contributed by atoms with van der Waals surface area (Å²) in [4.78, 5) is 1.36. The summed E-state index contributed by atoms with van der Waals surface area (Å²) in [6.07, 6.45) is 11.7. The van der Waals surface area contributed by atoms with Gasteiger partial charge in [-0.15, -0.1) is 11.3 Å². The second-order valence-electron chi connectivity index (χ2n) is 5.31. The van der Waals surface area contributed by atoms with E-state index >= 15 is 0 Å². The van der Waals surface area contributed by atoms with E-state index < -0.39 is 0 Å². The highest BCUT2D eigenvalue weighted by Gasteiger charge is 2.10. The Bertz CT molecular complexity index is 576. The highest BCUT2D eigenvalue weighted by molar-refractivity contribution is 7.19. The summed E-state index contributed by atoms with van der Waals surface area (Å²) < 4.78 is 6.58. The number of rotatable bonds is 3. The van der Waals surface area contributed by atoms with Gasteiger partial charge in [0.25, 0.3) is 0 Å². The maximum Gasteiger partial charge on any atom is 0.120 e. The number of methoxy groups -OCH3 is 1. The van der Waals surface area contributed by atoms with Gasteiger partial charge < -0.3 is 4.74 Å². The molecule has 0 amide bonds. The minimum absolute atomic E-state index is 0.800. The van der Waals surface area contributed by atoms with Crippen LogP contribution in [0.5, 0.6) is 5.75 Å². The first-order chi connectivity index (χ1) is 9.35. The van der Waals surface area contributed by atoms with Gasteiger partial charge in [0, 0.05) is 9.58 Å². The molecule has 1 fully saturated rings. The van der Waals surface area contributed by atoms with E-state index in [1.165, 1.54) is 47.1 Å². The summed E-state index contributed by atoms with van der Waals surface area (Å²) in [5.74, 6) is 1.74. The third-order valence-corrected chi connectivity index (χ3v) is 4.99. The maximum atomic E-state index is 5.28. The molecule has 0 N–H and O–H groups in total. The van der Waals surface area contributed by atoms with Crippen molar-refractivity contribution in [1.82, 2.24) is 0 Å². The number of ether oxygens (including phenoxy) is 1. The number of benzene rings is 1. The Balaban J connectivity index is 1.78. The molecule has 1 heterocycles. The fourth-order valence-electron chi connectivity index (χ4n) is 2.80. The molecule has 0 atom stereocenters. The van der Waals surface area contributed by atoms with Gasteiger partial charge in [0.15, 0.2) is 0 Å². The van der Waals surface area contributed by atoms with E-state index in [4.69, 9.17) is 4.74 Å². The fraction of sp³-hybridized carbons (Fsp3) is 0.412. The topological polar surface area (TPSA) is 9.23 Å². The Hall–Kier alpha value is -1.28. The Morgan fingerprint density at radius 1 is 1.16 bits per heavy atom. The molecule has 1 saturated carbocycles. The maximum absolute atomic E-state index is 5.28. The van der Waals surface area contributed by atoms with Crippen LogP contribution in [-0.2, 0) is 0 Å². The van der Waals surface area contributed by atoms with Crippen LogP contribution in [-0.4, -0.2) is 7.11 Å². The zero-order valence-electron chi connectivity index (χ0n) is 11.4. The van der Waals surface area contributed by atoms with E-state index in [-0.39, 0.29) is 0 Å². The van der Waals surface area contributed by atoms with E-state index in [0.717, 1.165) is 11.7 Å². The molecule has 19 heavy (non-hydrogen) atoms. The Kier molecular flexibility index (Phi) is 3.88. The molecule has 1 nitrogen and oxygen atoms in total. The van der Waals surface area contributed by atoms with Crippen LogP contribution in [0.2, 0.25) is 0 Å². The second kappa shape index (κ2) is 5.79. The van der Waals surface area contributed by atoms with Crippen molar-refractivity contribution in [3.05, 3.63) is 35.2 Å². The normalized spacial score (nSPS) is 17.3. The predicted octanol–water partition coefficient (Wildman–Crippen LogP) is 5.50. The number of thiophene rings is 1. The predicted molar refractivity (Wildman–Crippen MR) is 84.0 cm³/mol. The van der Waals surface area contributed by atoms with Crippen molar-refractivity contribution in [2.24, 2.45) is 5.92 Å². The molecule has 0 aliphatic heterocycles. The number of hydrogen-bond acceptors (Lipinski definition) is 2. The van der Waals surface area contributed by atoms with Gasteiger partial charge in [-0.2, -0.15) is 0 Å². The van der Waals surface area contributed by atoms with Crippen LogP contribution in [0, 0.1) is 5.92 Å². The molecule has 1 aromatic carbocycles. The lowest BCUT2D eigenvalue weighted by Gasteiger charge is -2.17. The third kappa shape index (κ3) is 3.01. The highest BCUT2D eigenvalue weighted by atomic mass is 32.1. The molecule has 0 saturated heterocycles. The van der Waals surface area contributed by atoms with Crippen molar-refractivity contribution in [3.8, 4) is 5.75 Å². The highest BCUT2D eigenvalue weighted by Crippen LogP contribution is 2.31. The van der Waals surface area contributed by atoms with E-state index in [1.807, 2.05) is 17.4 Å². The van der Waals surface area contributed by atoms with Crippen molar-refractivity contribution < 1.29 is 4.74 Å². The van der Waals surface area contributed by atoms with E-state index in [9.17, 15) is 0 Å². The molecule has 0 radical (unpaired) electrons. The summed E-state index contributed by atoms with van der Waals surface area (Å²) in [5.41, 5.74) is 0. The molecule has 1 aliphatic carbocycles. The van der Waals surface area contributed by atoms with Gasteiger partial charge in [-0.3, -0.25) is 0 Å². The Morgan fingerprint density at radius 2 is 2.00 bits per heavy atom. The first-order valence-corrected chi connectivity index (χ1v) is 7.92. The summed E-state index contributed by atoms with van der Waals surface area (Å²) >= 11 is 1.85. The SMILES string of the molecule is COc1ccc2cc(/C=C/C3CCCCC3)sc2c1. The standard InChI is InChI=1S/C17H20OS/c1-18-15-9-8-14-11-16(19-17(14)12-15)10-7-13-5-3-2-4-6-13/h7-13H,2-6H2,1H3/b10-7+. The molecule has 2 aromatic rings. The molecule has 0 unspecified atom stereocenters. The zero-order valence-corrected chi connectivity index (χ0v) is 12.2. The fourth-order valence-corrected chi connectivity index (χ4v) is 3.80. The summed E-state index contributed by atoms with van der Waals surface area (Å²) in [7, 11) is 1.72. The van der Waals surface area contributed by atoms with Gasteiger partial charge in [0.05, 0.1) is 7.11 Å². The molecule has 0 bridgehead atoms. The molecule has 3 rings (SSSR count). The van der Waals surface area contributed by atoms with Gasteiger partial charge in [-0.05, 0) is 54.5 Å². The van der Waals surface area contributed by atoms with Crippen molar-refractivity contribution in [2.75, 3.05) is 7.11 Å². The van der Waals surface area contributed by atoms with Crippen LogP contribution in [0.3, 0.4) is 0 Å². The smallest absolute Gasteiger partial charge is 0.120 e. The number of fused-ring (bicyclic) bond motifs is 1.